The quantitative estimate of drug-likeness (QED) is 0.864. The summed E-state index contributed by atoms with van der Waals surface area (Å²) in [6.07, 6.45) is 3.50. The monoisotopic (exact) mass is 332 g/mol. The van der Waals surface area contributed by atoms with E-state index in [-0.39, 0.29) is 0 Å². The third-order valence-corrected chi connectivity index (χ3v) is 5.58. The maximum absolute atomic E-state index is 12.7. The number of nitrogens with zero attached hydrogens (tertiary/aromatic N) is 2. The van der Waals surface area contributed by atoms with Crippen LogP contribution in [-0.2, 0) is 4.79 Å². The second-order valence-electron chi connectivity index (χ2n) is 7.33. The van der Waals surface area contributed by atoms with Gasteiger partial charge in [0, 0.05) is 12.1 Å². The summed E-state index contributed by atoms with van der Waals surface area (Å²) >= 11 is 0. The van der Waals surface area contributed by atoms with Gasteiger partial charge in [0.05, 0.1) is 31.9 Å². The van der Waals surface area contributed by atoms with Crippen molar-refractivity contribution in [2.75, 3.05) is 37.6 Å². The molecule has 2 aliphatic rings. The first-order chi connectivity index (χ1) is 11.6. The Morgan fingerprint density at radius 2 is 1.79 bits per heavy atom. The van der Waals surface area contributed by atoms with E-state index in [1.54, 1.807) is 6.07 Å². The molecule has 1 aromatic carbocycles. The maximum atomic E-state index is 12.7. The van der Waals surface area contributed by atoms with Gasteiger partial charge in [-0.15, -0.1) is 0 Å². The van der Waals surface area contributed by atoms with E-state index in [0.717, 1.165) is 44.7 Å². The van der Waals surface area contributed by atoms with Crippen molar-refractivity contribution in [3.8, 4) is 5.75 Å². The Balaban J connectivity index is 1.54. The summed E-state index contributed by atoms with van der Waals surface area (Å²) < 4.78 is 0. The highest BCUT2D eigenvalue weighted by Crippen LogP contribution is 2.26. The van der Waals surface area contributed by atoms with Gasteiger partial charge in [-0.1, -0.05) is 12.1 Å². The van der Waals surface area contributed by atoms with Crippen molar-refractivity contribution in [2.24, 2.45) is 0 Å². The number of phenols is 1. The second kappa shape index (κ2) is 7.43. The summed E-state index contributed by atoms with van der Waals surface area (Å²) in [5.41, 5.74) is 0.904. The van der Waals surface area contributed by atoms with Crippen molar-refractivity contribution in [1.82, 2.24) is 4.90 Å². The van der Waals surface area contributed by atoms with Gasteiger partial charge >= 0.3 is 0 Å². The molecule has 1 amide bonds. The van der Waals surface area contributed by atoms with Crippen LogP contribution in [0.5, 0.6) is 5.75 Å². The van der Waals surface area contributed by atoms with E-state index in [9.17, 15) is 9.90 Å². The van der Waals surface area contributed by atoms with Gasteiger partial charge in [-0.05, 0) is 45.2 Å². The van der Waals surface area contributed by atoms with Crippen molar-refractivity contribution in [3.63, 3.8) is 0 Å². The fourth-order valence-corrected chi connectivity index (χ4v) is 4.19. The number of likely N-dealkylation sites (tertiary alicyclic amines) is 1. The number of carbonyl (C=O) groups is 1. The van der Waals surface area contributed by atoms with Crippen LogP contribution in [-0.4, -0.2) is 60.7 Å². The molecule has 0 radical (unpaired) electrons. The SMILES string of the molecule is C[C@@H]1CCC[C@H](C)N1C(=O)C[NH+]1CCN(c2ccccc2O)CC1. The van der Waals surface area contributed by atoms with Crippen LogP contribution in [0.1, 0.15) is 33.1 Å². The van der Waals surface area contributed by atoms with Crippen LogP contribution in [0.2, 0.25) is 0 Å². The molecule has 0 unspecified atom stereocenters. The lowest BCUT2D eigenvalue weighted by molar-refractivity contribution is -0.892. The Kier molecular flexibility index (Phi) is 5.29. The van der Waals surface area contributed by atoms with E-state index in [2.05, 4.69) is 23.6 Å². The largest absolute Gasteiger partial charge is 0.506 e. The van der Waals surface area contributed by atoms with Crippen molar-refractivity contribution in [1.29, 1.82) is 0 Å². The van der Waals surface area contributed by atoms with Crippen molar-refractivity contribution in [2.45, 2.75) is 45.2 Å². The van der Waals surface area contributed by atoms with Crippen LogP contribution in [0.25, 0.3) is 0 Å². The highest BCUT2D eigenvalue weighted by molar-refractivity contribution is 5.78. The number of piperidine rings is 1. The average Bonchev–Trinajstić information content (AvgIpc) is 2.56. The lowest BCUT2D eigenvalue weighted by atomic mass is 9.97. The molecule has 0 aliphatic carbocycles. The molecule has 0 spiro atoms. The minimum atomic E-state index is 0.306. The Morgan fingerprint density at radius 3 is 2.42 bits per heavy atom. The lowest BCUT2D eigenvalue weighted by Crippen LogP contribution is -3.16. The number of phenolic OH excluding ortho intramolecular Hbond substituents is 1. The number of hydrogen-bond acceptors (Lipinski definition) is 3. The second-order valence-corrected chi connectivity index (χ2v) is 7.33. The zero-order chi connectivity index (χ0) is 17.1. The number of quaternary nitrogens is 1. The molecule has 0 aromatic heterocycles. The average molecular weight is 332 g/mol. The predicted molar refractivity (Wildman–Crippen MR) is 95.5 cm³/mol. The standard InChI is InChI=1S/C19H29N3O2/c1-15-6-5-7-16(2)22(15)19(24)14-20-10-12-21(13-11-20)17-8-3-4-9-18(17)23/h3-4,8-9,15-16,23H,5-7,10-14H2,1-2H3/p+1/t15-,16+. The molecule has 2 fully saturated rings. The number of aromatic hydroxyl groups is 1. The summed E-state index contributed by atoms with van der Waals surface area (Å²) in [7, 11) is 0. The van der Waals surface area contributed by atoms with Crippen molar-refractivity contribution >= 4 is 11.6 Å². The molecule has 5 heteroatoms. The molecular formula is C19H30N3O2+. The molecule has 24 heavy (non-hydrogen) atoms. The number of para-hydroxylation sites is 2. The molecule has 2 heterocycles. The molecule has 2 N–H and O–H groups in total. The molecule has 132 valence electrons. The van der Waals surface area contributed by atoms with E-state index in [1.807, 2.05) is 18.2 Å². The number of carbonyl (C=O) groups excluding carboxylic acids is 1. The van der Waals surface area contributed by atoms with Gasteiger partial charge in [0.1, 0.15) is 5.75 Å². The van der Waals surface area contributed by atoms with Crippen LogP contribution in [0.4, 0.5) is 5.69 Å². The zero-order valence-corrected chi connectivity index (χ0v) is 14.9. The first kappa shape index (κ1) is 17.1. The van der Waals surface area contributed by atoms with Crippen LogP contribution >= 0.6 is 0 Å². The number of piperazine rings is 1. The third kappa shape index (κ3) is 3.66. The minimum Gasteiger partial charge on any atom is -0.506 e. The first-order valence-electron chi connectivity index (χ1n) is 9.24. The topological polar surface area (TPSA) is 48.2 Å². The predicted octanol–water partition coefficient (Wildman–Crippen LogP) is 0.887. The van der Waals surface area contributed by atoms with Crippen LogP contribution in [0, 0.1) is 0 Å². The lowest BCUT2D eigenvalue weighted by Gasteiger charge is -2.40. The Labute approximate surface area is 144 Å². The Hall–Kier alpha value is -1.75. The van der Waals surface area contributed by atoms with Crippen molar-refractivity contribution < 1.29 is 14.8 Å². The maximum Gasteiger partial charge on any atom is 0.278 e. The third-order valence-electron chi connectivity index (χ3n) is 5.58. The molecule has 0 saturated carbocycles. The number of nitrogens with one attached hydrogen (secondary N) is 1. The van der Waals surface area contributed by atoms with Crippen LogP contribution in [0.3, 0.4) is 0 Å². The number of hydrogen-bond donors (Lipinski definition) is 2. The van der Waals surface area contributed by atoms with Crippen LogP contribution < -0.4 is 9.80 Å². The van der Waals surface area contributed by atoms with Crippen LogP contribution in [0.15, 0.2) is 24.3 Å². The summed E-state index contributed by atoms with van der Waals surface area (Å²) in [6, 6.07) is 8.25. The number of benzene rings is 1. The molecule has 3 rings (SSSR count). The highest BCUT2D eigenvalue weighted by atomic mass is 16.3. The Bertz CT molecular complexity index is 559. The van der Waals surface area contributed by atoms with Gasteiger partial charge in [0.25, 0.3) is 5.91 Å². The summed E-state index contributed by atoms with van der Waals surface area (Å²) in [5, 5.41) is 9.99. The van der Waals surface area contributed by atoms with E-state index in [0.29, 0.717) is 30.3 Å². The summed E-state index contributed by atoms with van der Waals surface area (Å²) in [5.74, 6) is 0.647. The van der Waals surface area contributed by atoms with Gasteiger partial charge in [0.2, 0.25) is 0 Å². The first-order valence-corrected chi connectivity index (χ1v) is 9.24. The minimum absolute atomic E-state index is 0.306. The molecular weight excluding hydrogens is 302 g/mol. The summed E-state index contributed by atoms with van der Waals surface area (Å²) in [4.78, 5) is 18.4. The normalized spacial score (nSPS) is 25.8. The number of amides is 1. The molecule has 1 aromatic rings. The van der Waals surface area contributed by atoms with E-state index in [1.165, 1.54) is 11.3 Å². The smallest absolute Gasteiger partial charge is 0.278 e. The van der Waals surface area contributed by atoms with E-state index < -0.39 is 0 Å². The van der Waals surface area contributed by atoms with E-state index in [4.69, 9.17) is 0 Å². The van der Waals surface area contributed by atoms with E-state index >= 15 is 0 Å². The van der Waals surface area contributed by atoms with Gasteiger partial charge < -0.3 is 19.8 Å². The molecule has 2 saturated heterocycles. The molecule has 2 aliphatic heterocycles. The zero-order valence-electron chi connectivity index (χ0n) is 14.9. The molecule has 2 atom stereocenters. The number of anilines is 1. The highest BCUT2D eigenvalue weighted by Gasteiger charge is 2.32. The van der Waals surface area contributed by atoms with Gasteiger partial charge in [-0.25, -0.2) is 0 Å². The fraction of sp³-hybridized carbons (Fsp3) is 0.632. The molecule has 5 nitrogen and oxygen atoms in total. The van der Waals surface area contributed by atoms with Crippen molar-refractivity contribution in [3.05, 3.63) is 24.3 Å². The van der Waals surface area contributed by atoms with Gasteiger partial charge in [-0.3, -0.25) is 4.79 Å². The summed E-state index contributed by atoms with van der Waals surface area (Å²) in [6.45, 7) is 8.60. The molecule has 0 bridgehead atoms. The van der Waals surface area contributed by atoms with Gasteiger partial charge in [0.15, 0.2) is 6.54 Å². The Morgan fingerprint density at radius 1 is 1.17 bits per heavy atom. The fourth-order valence-electron chi connectivity index (χ4n) is 4.19. The number of rotatable bonds is 3. The van der Waals surface area contributed by atoms with Gasteiger partial charge in [-0.2, -0.15) is 0 Å².